The first-order chi connectivity index (χ1) is 18.0. The van der Waals surface area contributed by atoms with Crippen LogP contribution >= 0.6 is 15.9 Å². The maximum absolute atomic E-state index is 3.54. The third-order valence-corrected chi connectivity index (χ3v) is 7.99. The molecule has 0 bridgehead atoms. The fourth-order valence-electron chi connectivity index (χ4n) is 5.42. The number of rotatable bonds is 3. The van der Waals surface area contributed by atoms with Crippen molar-refractivity contribution in [1.29, 1.82) is 0 Å². The molecule has 180 valence electrons. The number of hydrogen-bond acceptors (Lipinski definition) is 1. The topological polar surface area (TPSA) is 3.24 Å². The van der Waals surface area contributed by atoms with Crippen molar-refractivity contribution in [3.8, 4) is 23.0 Å². The average Bonchev–Trinajstić information content (AvgIpc) is 3.15. The predicted molar refractivity (Wildman–Crippen MR) is 160 cm³/mol. The molecule has 2 aliphatic rings. The maximum Gasteiger partial charge on any atom is 0.0465 e. The molecule has 1 atom stereocenters. The summed E-state index contributed by atoms with van der Waals surface area (Å²) in [6.45, 7) is 4.67. The molecule has 37 heavy (non-hydrogen) atoms. The first-order valence-corrected chi connectivity index (χ1v) is 13.5. The largest absolute Gasteiger partial charge is 0.310 e. The molecule has 0 radical (unpaired) electrons. The van der Waals surface area contributed by atoms with E-state index in [0.29, 0.717) is 0 Å². The van der Waals surface area contributed by atoms with Gasteiger partial charge in [0.2, 0.25) is 0 Å². The van der Waals surface area contributed by atoms with Crippen LogP contribution in [0.4, 0.5) is 17.1 Å². The zero-order valence-corrected chi connectivity index (χ0v) is 22.7. The van der Waals surface area contributed by atoms with Crippen molar-refractivity contribution < 1.29 is 0 Å². The molecule has 0 aliphatic heterocycles. The molecular weight excluding hydrogens is 514 g/mol. The van der Waals surface area contributed by atoms with Crippen molar-refractivity contribution in [2.45, 2.75) is 25.7 Å². The summed E-state index contributed by atoms with van der Waals surface area (Å²) >= 11 is 3.54. The van der Waals surface area contributed by atoms with Crippen LogP contribution in [0.5, 0.6) is 0 Å². The summed E-state index contributed by atoms with van der Waals surface area (Å²) in [4.78, 5) is 2.33. The Morgan fingerprint density at radius 3 is 2.00 bits per heavy atom. The summed E-state index contributed by atoms with van der Waals surface area (Å²) in [6.07, 6.45) is 7.41. The van der Waals surface area contributed by atoms with E-state index >= 15 is 0 Å². The van der Waals surface area contributed by atoms with Gasteiger partial charge in [-0.25, -0.2) is 0 Å². The lowest BCUT2D eigenvalue weighted by Gasteiger charge is -2.28. The lowest BCUT2D eigenvalue weighted by atomic mass is 9.81. The van der Waals surface area contributed by atoms with E-state index in [9.17, 15) is 0 Å². The molecule has 0 heterocycles. The van der Waals surface area contributed by atoms with Gasteiger partial charge >= 0.3 is 0 Å². The lowest BCUT2D eigenvalue weighted by Crippen LogP contribution is -2.16. The molecule has 0 spiro atoms. The highest BCUT2D eigenvalue weighted by Crippen LogP contribution is 2.50. The molecule has 0 saturated heterocycles. The molecule has 2 heteroatoms. The fraction of sp³-hybridized carbons (Fsp3) is 0.143. The van der Waals surface area contributed by atoms with Gasteiger partial charge in [-0.3, -0.25) is 0 Å². The minimum atomic E-state index is -0.115. The Hall–Kier alpha value is -3.80. The Bertz CT molecular complexity index is 1540. The van der Waals surface area contributed by atoms with E-state index < -0.39 is 0 Å². The number of fused-ring (bicyclic) bond motifs is 3. The summed E-state index contributed by atoms with van der Waals surface area (Å²) < 4.78 is 1.14. The van der Waals surface area contributed by atoms with E-state index in [2.05, 4.69) is 162 Å². The minimum Gasteiger partial charge on any atom is -0.310 e. The van der Waals surface area contributed by atoms with E-state index in [1.807, 2.05) is 0 Å². The summed E-state index contributed by atoms with van der Waals surface area (Å²) in [7, 11) is 0. The van der Waals surface area contributed by atoms with Crippen LogP contribution in [0.2, 0.25) is 0 Å². The Labute approximate surface area is 228 Å². The smallest absolute Gasteiger partial charge is 0.0465 e. The van der Waals surface area contributed by atoms with Crippen LogP contribution in [-0.2, 0) is 5.41 Å². The van der Waals surface area contributed by atoms with Crippen LogP contribution in [0.1, 0.15) is 37.0 Å². The normalized spacial score (nSPS) is 16.7. The number of allylic oxidation sites excluding steroid dienone is 4. The SMILES string of the molecule is CC1(C)c2cc(C#CC3C=CC(Br)=CC3)ccc2-c2ccc(N(c3ccccc3)c3ccccc3)cc21. The second-order valence-electron chi connectivity index (χ2n) is 10.2. The molecule has 4 aromatic carbocycles. The summed E-state index contributed by atoms with van der Waals surface area (Å²) in [5.74, 6) is 7.16. The molecule has 1 nitrogen and oxygen atoms in total. The first-order valence-electron chi connectivity index (χ1n) is 12.8. The molecule has 4 aromatic rings. The molecule has 0 saturated carbocycles. The monoisotopic (exact) mass is 541 g/mol. The molecule has 0 amide bonds. The van der Waals surface area contributed by atoms with Gasteiger partial charge in [0.1, 0.15) is 0 Å². The van der Waals surface area contributed by atoms with Gasteiger partial charge in [-0.2, -0.15) is 0 Å². The quantitative estimate of drug-likeness (QED) is 0.233. The van der Waals surface area contributed by atoms with Crippen molar-refractivity contribution in [3.05, 3.63) is 136 Å². The number of benzene rings is 4. The molecule has 0 fully saturated rings. The third-order valence-electron chi connectivity index (χ3n) is 7.40. The van der Waals surface area contributed by atoms with Crippen molar-refractivity contribution in [2.24, 2.45) is 5.92 Å². The molecule has 0 N–H and O–H groups in total. The molecule has 1 unspecified atom stereocenters. The Morgan fingerprint density at radius 2 is 1.38 bits per heavy atom. The highest BCUT2D eigenvalue weighted by atomic mass is 79.9. The summed E-state index contributed by atoms with van der Waals surface area (Å²) in [6, 6.07) is 34.8. The van der Waals surface area contributed by atoms with E-state index in [0.717, 1.165) is 27.8 Å². The van der Waals surface area contributed by atoms with E-state index in [4.69, 9.17) is 0 Å². The van der Waals surface area contributed by atoms with Gasteiger partial charge in [0.25, 0.3) is 0 Å². The van der Waals surface area contributed by atoms with E-state index in [-0.39, 0.29) is 11.3 Å². The van der Waals surface area contributed by atoms with Crippen LogP contribution in [0, 0.1) is 17.8 Å². The molecule has 6 rings (SSSR count). The van der Waals surface area contributed by atoms with Gasteiger partial charge in [0, 0.05) is 38.4 Å². The molecule has 2 aliphatic carbocycles. The van der Waals surface area contributed by atoms with Gasteiger partial charge < -0.3 is 4.90 Å². The summed E-state index contributed by atoms with van der Waals surface area (Å²) in [5, 5.41) is 0. The zero-order valence-electron chi connectivity index (χ0n) is 21.1. The van der Waals surface area contributed by atoms with Crippen molar-refractivity contribution >= 4 is 33.0 Å². The molecular formula is C35H28BrN. The second kappa shape index (κ2) is 9.58. The van der Waals surface area contributed by atoms with Crippen LogP contribution < -0.4 is 4.90 Å². The average molecular weight is 543 g/mol. The van der Waals surface area contributed by atoms with Crippen molar-refractivity contribution in [2.75, 3.05) is 4.90 Å². The van der Waals surface area contributed by atoms with Gasteiger partial charge in [0.05, 0.1) is 0 Å². The van der Waals surface area contributed by atoms with Crippen LogP contribution in [0.15, 0.2) is 120 Å². The Balaban J connectivity index is 1.38. The highest BCUT2D eigenvalue weighted by molar-refractivity contribution is 9.11. The third kappa shape index (κ3) is 4.45. The lowest BCUT2D eigenvalue weighted by molar-refractivity contribution is 0.660. The van der Waals surface area contributed by atoms with E-state index in [1.165, 1.54) is 27.9 Å². The number of anilines is 3. The Kier molecular flexibility index (Phi) is 6.11. The number of halogens is 1. The van der Waals surface area contributed by atoms with Crippen LogP contribution in [0.25, 0.3) is 11.1 Å². The number of nitrogens with zero attached hydrogens (tertiary/aromatic N) is 1. The summed E-state index contributed by atoms with van der Waals surface area (Å²) in [5.41, 5.74) is 9.76. The molecule has 0 aromatic heterocycles. The number of hydrogen-bond donors (Lipinski definition) is 0. The minimum absolute atomic E-state index is 0.115. The van der Waals surface area contributed by atoms with Crippen molar-refractivity contribution in [3.63, 3.8) is 0 Å². The zero-order chi connectivity index (χ0) is 25.4. The van der Waals surface area contributed by atoms with Crippen LogP contribution in [0.3, 0.4) is 0 Å². The highest BCUT2D eigenvalue weighted by Gasteiger charge is 2.36. The second-order valence-corrected chi connectivity index (χ2v) is 11.1. The van der Waals surface area contributed by atoms with E-state index in [1.54, 1.807) is 0 Å². The van der Waals surface area contributed by atoms with Crippen LogP contribution in [-0.4, -0.2) is 0 Å². The standard InChI is InChI=1S/C35H28BrN/c1-35(2)33-23-26(14-13-25-15-18-27(36)19-16-25)17-21-31(33)32-22-20-30(24-34(32)35)37(28-9-5-3-6-10-28)29-11-7-4-8-12-29/h3-12,15,17-25H,16H2,1-2H3. The maximum atomic E-state index is 3.54. The van der Waals surface area contributed by atoms with Gasteiger partial charge in [-0.1, -0.05) is 108 Å². The first kappa shape index (κ1) is 23.6. The van der Waals surface area contributed by atoms with Gasteiger partial charge in [0.15, 0.2) is 0 Å². The van der Waals surface area contributed by atoms with Gasteiger partial charge in [-0.15, -0.1) is 0 Å². The Morgan fingerprint density at radius 1 is 0.757 bits per heavy atom. The predicted octanol–water partition coefficient (Wildman–Crippen LogP) is 9.67. The van der Waals surface area contributed by atoms with Gasteiger partial charge in [-0.05, 0) is 77.2 Å². The fourth-order valence-corrected chi connectivity index (χ4v) is 5.76. The van der Waals surface area contributed by atoms with Crippen molar-refractivity contribution in [1.82, 2.24) is 0 Å². The number of para-hydroxylation sites is 2.